The number of carbonyl (C=O) groups is 1. The fourth-order valence-electron chi connectivity index (χ4n) is 2.05. The van der Waals surface area contributed by atoms with E-state index in [2.05, 4.69) is 5.32 Å². The van der Waals surface area contributed by atoms with Crippen LogP contribution in [0.1, 0.15) is 12.8 Å². The van der Waals surface area contributed by atoms with E-state index in [1.54, 1.807) is 29.2 Å². The van der Waals surface area contributed by atoms with E-state index in [1.165, 1.54) is 0 Å². The molecule has 1 heterocycles. The molecule has 2 amide bonds. The van der Waals surface area contributed by atoms with Gasteiger partial charge in [0.2, 0.25) is 0 Å². The van der Waals surface area contributed by atoms with Gasteiger partial charge in [-0.05, 0) is 31.0 Å². The minimum absolute atomic E-state index is 0.0168. The number of hydrogen-bond acceptors (Lipinski definition) is 2. The standard InChI is InChI=1S/C12H15ClN2O2/c13-9-3-1-4-10(7-9)14-12(17)15-6-2-5-11(15)8-16/h1,3-4,7,11,16H,2,5-6,8H2,(H,14,17). The van der Waals surface area contributed by atoms with Crippen molar-refractivity contribution in [2.24, 2.45) is 0 Å². The fraction of sp³-hybridized carbons (Fsp3) is 0.417. The first kappa shape index (κ1) is 12.2. The van der Waals surface area contributed by atoms with Crippen LogP contribution in [0.5, 0.6) is 0 Å². The number of urea groups is 1. The van der Waals surface area contributed by atoms with Crippen LogP contribution in [0.3, 0.4) is 0 Å². The van der Waals surface area contributed by atoms with E-state index in [9.17, 15) is 4.79 Å². The Balaban J connectivity index is 2.01. The highest BCUT2D eigenvalue weighted by atomic mass is 35.5. The molecule has 1 saturated heterocycles. The topological polar surface area (TPSA) is 52.6 Å². The van der Waals surface area contributed by atoms with Crippen molar-refractivity contribution in [3.8, 4) is 0 Å². The molecule has 1 unspecified atom stereocenters. The molecule has 0 bridgehead atoms. The van der Waals surface area contributed by atoms with Gasteiger partial charge in [0, 0.05) is 17.3 Å². The third-order valence-corrected chi connectivity index (χ3v) is 3.16. The zero-order valence-corrected chi connectivity index (χ0v) is 10.2. The highest BCUT2D eigenvalue weighted by Gasteiger charge is 2.27. The van der Waals surface area contributed by atoms with Crippen molar-refractivity contribution in [1.29, 1.82) is 0 Å². The molecule has 1 aliphatic heterocycles. The van der Waals surface area contributed by atoms with Crippen LogP contribution in [-0.4, -0.2) is 35.2 Å². The van der Waals surface area contributed by atoms with Gasteiger partial charge >= 0.3 is 6.03 Å². The molecule has 0 aliphatic carbocycles. The lowest BCUT2D eigenvalue weighted by atomic mass is 10.2. The minimum atomic E-state index is -0.177. The van der Waals surface area contributed by atoms with Crippen molar-refractivity contribution in [3.63, 3.8) is 0 Å². The van der Waals surface area contributed by atoms with Crippen molar-refractivity contribution in [2.45, 2.75) is 18.9 Å². The minimum Gasteiger partial charge on any atom is -0.394 e. The molecule has 1 aromatic rings. The summed E-state index contributed by atoms with van der Waals surface area (Å²) < 4.78 is 0. The van der Waals surface area contributed by atoms with Crippen LogP contribution < -0.4 is 5.32 Å². The van der Waals surface area contributed by atoms with E-state index >= 15 is 0 Å². The molecule has 0 saturated carbocycles. The van der Waals surface area contributed by atoms with Gasteiger partial charge in [0.1, 0.15) is 0 Å². The lowest BCUT2D eigenvalue weighted by Gasteiger charge is -2.23. The summed E-state index contributed by atoms with van der Waals surface area (Å²) in [7, 11) is 0. The maximum atomic E-state index is 12.0. The summed E-state index contributed by atoms with van der Waals surface area (Å²) in [6, 6.07) is 6.78. The normalized spacial score (nSPS) is 19.4. The monoisotopic (exact) mass is 254 g/mol. The maximum absolute atomic E-state index is 12.0. The number of carbonyl (C=O) groups excluding carboxylic acids is 1. The highest BCUT2D eigenvalue weighted by molar-refractivity contribution is 6.30. The van der Waals surface area contributed by atoms with Gasteiger partial charge in [0.05, 0.1) is 12.6 Å². The lowest BCUT2D eigenvalue weighted by Crippen LogP contribution is -2.40. The molecule has 92 valence electrons. The van der Waals surface area contributed by atoms with Gasteiger partial charge in [0.15, 0.2) is 0 Å². The zero-order chi connectivity index (χ0) is 12.3. The molecule has 1 aliphatic rings. The first-order chi connectivity index (χ1) is 8.20. The van der Waals surface area contributed by atoms with Crippen LogP contribution in [0.2, 0.25) is 5.02 Å². The Morgan fingerprint density at radius 2 is 2.41 bits per heavy atom. The number of anilines is 1. The molecule has 0 spiro atoms. The number of halogens is 1. The first-order valence-electron chi connectivity index (χ1n) is 5.65. The van der Waals surface area contributed by atoms with Gasteiger partial charge in [0.25, 0.3) is 0 Å². The van der Waals surface area contributed by atoms with Crippen molar-refractivity contribution >= 4 is 23.3 Å². The fourth-order valence-corrected chi connectivity index (χ4v) is 2.24. The summed E-state index contributed by atoms with van der Waals surface area (Å²) in [4.78, 5) is 13.6. The van der Waals surface area contributed by atoms with E-state index in [4.69, 9.17) is 16.7 Å². The second-order valence-corrected chi connectivity index (χ2v) is 4.55. The van der Waals surface area contributed by atoms with Crippen molar-refractivity contribution in [3.05, 3.63) is 29.3 Å². The Hall–Kier alpha value is -1.26. The van der Waals surface area contributed by atoms with Crippen LogP contribution in [0.4, 0.5) is 10.5 Å². The second-order valence-electron chi connectivity index (χ2n) is 4.11. The molecule has 2 rings (SSSR count). The quantitative estimate of drug-likeness (QED) is 0.851. The van der Waals surface area contributed by atoms with Crippen molar-refractivity contribution in [2.75, 3.05) is 18.5 Å². The van der Waals surface area contributed by atoms with E-state index in [1.807, 2.05) is 0 Å². The maximum Gasteiger partial charge on any atom is 0.322 e. The number of rotatable bonds is 2. The third kappa shape index (κ3) is 2.90. The van der Waals surface area contributed by atoms with Crippen LogP contribution in [0.25, 0.3) is 0 Å². The number of nitrogens with zero attached hydrogens (tertiary/aromatic N) is 1. The molecule has 1 aromatic carbocycles. The average Bonchev–Trinajstić information content (AvgIpc) is 2.77. The number of aliphatic hydroxyl groups is 1. The predicted octanol–water partition coefficient (Wildman–Crippen LogP) is 2.33. The highest BCUT2D eigenvalue weighted by Crippen LogP contribution is 2.20. The number of aliphatic hydroxyl groups excluding tert-OH is 1. The Kier molecular flexibility index (Phi) is 3.86. The van der Waals surface area contributed by atoms with Crippen LogP contribution >= 0.6 is 11.6 Å². The van der Waals surface area contributed by atoms with Gasteiger partial charge in [-0.15, -0.1) is 0 Å². The Morgan fingerprint density at radius 3 is 3.12 bits per heavy atom. The Bertz CT molecular complexity index is 411. The smallest absolute Gasteiger partial charge is 0.322 e. The summed E-state index contributed by atoms with van der Waals surface area (Å²) >= 11 is 5.84. The predicted molar refractivity (Wildman–Crippen MR) is 67.3 cm³/mol. The summed E-state index contributed by atoms with van der Waals surface area (Å²) in [6.07, 6.45) is 1.80. The van der Waals surface area contributed by atoms with Gasteiger partial charge in [-0.1, -0.05) is 17.7 Å². The largest absolute Gasteiger partial charge is 0.394 e. The van der Waals surface area contributed by atoms with Crippen molar-refractivity contribution in [1.82, 2.24) is 4.90 Å². The molecule has 0 radical (unpaired) electrons. The van der Waals surface area contributed by atoms with Gasteiger partial charge in [-0.2, -0.15) is 0 Å². The number of nitrogens with one attached hydrogen (secondary N) is 1. The molecule has 2 N–H and O–H groups in total. The molecule has 1 fully saturated rings. The van der Waals surface area contributed by atoms with Crippen molar-refractivity contribution < 1.29 is 9.90 Å². The summed E-state index contributed by atoms with van der Waals surface area (Å²) in [5, 5.41) is 12.5. The first-order valence-corrected chi connectivity index (χ1v) is 6.02. The molecular weight excluding hydrogens is 240 g/mol. The van der Waals surface area contributed by atoms with E-state index in [-0.39, 0.29) is 18.7 Å². The molecule has 17 heavy (non-hydrogen) atoms. The number of amides is 2. The number of likely N-dealkylation sites (tertiary alicyclic amines) is 1. The van der Waals surface area contributed by atoms with Crippen LogP contribution in [-0.2, 0) is 0 Å². The molecule has 0 aromatic heterocycles. The number of benzene rings is 1. The van der Waals surface area contributed by atoms with Gasteiger partial charge < -0.3 is 15.3 Å². The Morgan fingerprint density at radius 1 is 1.59 bits per heavy atom. The van der Waals surface area contributed by atoms with E-state index < -0.39 is 0 Å². The zero-order valence-electron chi connectivity index (χ0n) is 9.40. The van der Waals surface area contributed by atoms with Crippen LogP contribution in [0.15, 0.2) is 24.3 Å². The molecule has 4 nitrogen and oxygen atoms in total. The average molecular weight is 255 g/mol. The van der Waals surface area contributed by atoms with E-state index in [0.29, 0.717) is 17.3 Å². The molecule has 1 atom stereocenters. The van der Waals surface area contributed by atoms with Gasteiger partial charge in [-0.3, -0.25) is 0 Å². The summed E-state index contributed by atoms with van der Waals surface area (Å²) in [6.45, 7) is 0.709. The lowest BCUT2D eigenvalue weighted by molar-refractivity contribution is 0.166. The van der Waals surface area contributed by atoms with E-state index in [0.717, 1.165) is 12.8 Å². The second kappa shape index (κ2) is 5.38. The third-order valence-electron chi connectivity index (χ3n) is 2.92. The SMILES string of the molecule is O=C(Nc1cccc(Cl)c1)N1CCCC1CO. The number of hydrogen-bond donors (Lipinski definition) is 2. The Labute approximate surface area is 105 Å². The molecular formula is C12H15ClN2O2. The summed E-state index contributed by atoms with van der Waals surface area (Å²) in [5.41, 5.74) is 0.672. The van der Waals surface area contributed by atoms with Crippen LogP contribution in [0, 0.1) is 0 Å². The summed E-state index contributed by atoms with van der Waals surface area (Å²) in [5.74, 6) is 0. The van der Waals surface area contributed by atoms with Gasteiger partial charge in [-0.25, -0.2) is 4.79 Å². The molecule has 5 heteroatoms.